The number of hydrogen-bond donors (Lipinski definition) is 0. The highest BCUT2D eigenvalue weighted by Gasteiger charge is 2.29. The fraction of sp³-hybridized carbons (Fsp3) is 0.409. The largest absolute Gasteiger partial charge is 0.496 e. The zero-order valence-electron chi connectivity index (χ0n) is 18.0. The van der Waals surface area contributed by atoms with Crippen LogP contribution in [0.25, 0.3) is 0 Å². The highest BCUT2D eigenvalue weighted by Crippen LogP contribution is 2.24. The molecule has 168 valence electrons. The number of sulfonamides is 1. The van der Waals surface area contributed by atoms with Gasteiger partial charge in [-0.15, -0.1) is 0 Å². The lowest BCUT2D eigenvalue weighted by molar-refractivity contribution is -0.131. The summed E-state index contributed by atoms with van der Waals surface area (Å²) in [5.74, 6) is 0.428. The van der Waals surface area contributed by atoms with E-state index in [2.05, 4.69) is 4.90 Å². The first-order valence-electron chi connectivity index (χ1n) is 10.2. The molecular weight excluding hydrogens is 438 g/mol. The number of likely N-dealkylation sites (N-methyl/N-ethyl adjacent to an activating group) is 1. The number of halogens is 1. The van der Waals surface area contributed by atoms with Crippen LogP contribution in [0.5, 0.6) is 5.75 Å². The molecule has 1 aliphatic heterocycles. The van der Waals surface area contributed by atoms with E-state index in [0.717, 1.165) is 11.3 Å². The molecule has 0 N–H and O–H groups in total. The summed E-state index contributed by atoms with van der Waals surface area (Å²) in [4.78, 5) is 16.9. The van der Waals surface area contributed by atoms with Gasteiger partial charge in [-0.3, -0.25) is 4.79 Å². The second-order valence-electron chi connectivity index (χ2n) is 7.41. The fourth-order valence-corrected chi connectivity index (χ4v) is 5.33. The minimum atomic E-state index is -3.79. The van der Waals surface area contributed by atoms with E-state index in [9.17, 15) is 13.2 Å². The molecule has 1 fully saturated rings. The number of anilines is 1. The molecule has 0 aliphatic carbocycles. The van der Waals surface area contributed by atoms with Gasteiger partial charge < -0.3 is 14.5 Å². The van der Waals surface area contributed by atoms with Gasteiger partial charge in [0.25, 0.3) is 0 Å². The number of benzene rings is 2. The van der Waals surface area contributed by atoms with Crippen LogP contribution in [-0.2, 0) is 14.8 Å². The molecule has 7 nitrogen and oxygen atoms in total. The van der Waals surface area contributed by atoms with Crippen molar-refractivity contribution in [3.8, 4) is 5.75 Å². The van der Waals surface area contributed by atoms with Crippen molar-refractivity contribution in [2.75, 3.05) is 51.3 Å². The molecule has 3 rings (SSSR count). The third kappa shape index (κ3) is 5.31. The van der Waals surface area contributed by atoms with Crippen LogP contribution in [0.4, 0.5) is 5.69 Å². The fourth-order valence-electron chi connectivity index (χ4n) is 3.66. The van der Waals surface area contributed by atoms with Gasteiger partial charge in [0.1, 0.15) is 5.75 Å². The van der Waals surface area contributed by atoms with Crippen molar-refractivity contribution < 1.29 is 17.9 Å². The molecule has 1 heterocycles. The van der Waals surface area contributed by atoms with Gasteiger partial charge in [0, 0.05) is 43.4 Å². The Hall–Kier alpha value is -2.29. The lowest BCUT2D eigenvalue weighted by Crippen LogP contribution is -2.51. The predicted octanol–water partition coefficient (Wildman–Crippen LogP) is 3.02. The van der Waals surface area contributed by atoms with Crippen molar-refractivity contribution in [1.82, 2.24) is 9.21 Å². The monoisotopic (exact) mass is 465 g/mol. The maximum atomic E-state index is 13.1. The molecular formula is C22H28ClN3O4S. The van der Waals surface area contributed by atoms with Crippen LogP contribution in [0.2, 0.25) is 5.02 Å². The maximum absolute atomic E-state index is 13.1. The number of hydrogen-bond acceptors (Lipinski definition) is 5. The summed E-state index contributed by atoms with van der Waals surface area (Å²) >= 11 is 6.08. The number of amides is 1. The molecule has 1 aliphatic rings. The summed E-state index contributed by atoms with van der Waals surface area (Å²) < 4.78 is 32.6. The van der Waals surface area contributed by atoms with Crippen LogP contribution in [0.3, 0.4) is 0 Å². The van der Waals surface area contributed by atoms with E-state index in [0.29, 0.717) is 37.0 Å². The standard InChI is InChI=1S/C22H28ClN3O4S/c1-4-26(31(28,29)20-8-9-21(30-3)17(2)14-20)16-22(27)25-12-10-24(11-13-25)19-7-5-6-18(23)15-19/h5-9,14-15H,4,10-13,16H2,1-3H3. The molecule has 0 aromatic heterocycles. The Labute approximate surface area is 189 Å². The Balaban J connectivity index is 1.65. The average molecular weight is 466 g/mol. The number of ether oxygens (including phenoxy) is 1. The number of carbonyl (C=O) groups is 1. The first-order chi connectivity index (χ1) is 14.8. The summed E-state index contributed by atoms with van der Waals surface area (Å²) in [6, 6.07) is 12.3. The molecule has 1 amide bonds. The maximum Gasteiger partial charge on any atom is 0.243 e. The second kappa shape index (κ2) is 9.89. The summed E-state index contributed by atoms with van der Waals surface area (Å²) in [5, 5.41) is 0.675. The minimum Gasteiger partial charge on any atom is -0.496 e. The van der Waals surface area contributed by atoms with Gasteiger partial charge in [-0.1, -0.05) is 24.6 Å². The van der Waals surface area contributed by atoms with Gasteiger partial charge in [0.05, 0.1) is 18.6 Å². The van der Waals surface area contributed by atoms with E-state index in [1.807, 2.05) is 24.3 Å². The third-order valence-electron chi connectivity index (χ3n) is 5.47. The lowest BCUT2D eigenvalue weighted by Gasteiger charge is -2.37. The molecule has 2 aromatic carbocycles. The lowest BCUT2D eigenvalue weighted by atomic mass is 10.2. The Bertz CT molecular complexity index is 1040. The van der Waals surface area contributed by atoms with Crippen LogP contribution in [-0.4, -0.2) is 69.9 Å². The molecule has 0 atom stereocenters. The Morgan fingerprint density at radius 3 is 2.42 bits per heavy atom. The zero-order chi connectivity index (χ0) is 22.6. The highest BCUT2D eigenvalue weighted by atomic mass is 35.5. The summed E-state index contributed by atoms with van der Waals surface area (Å²) in [6.07, 6.45) is 0. The molecule has 1 saturated heterocycles. The molecule has 0 spiro atoms. The van der Waals surface area contributed by atoms with Crippen molar-refractivity contribution in [3.05, 3.63) is 53.1 Å². The molecule has 0 radical (unpaired) electrons. The van der Waals surface area contributed by atoms with Crippen LogP contribution < -0.4 is 9.64 Å². The average Bonchev–Trinajstić information content (AvgIpc) is 2.77. The van der Waals surface area contributed by atoms with Gasteiger partial charge in [-0.25, -0.2) is 8.42 Å². The SMILES string of the molecule is CCN(CC(=O)N1CCN(c2cccc(Cl)c2)CC1)S(=O)(=O)c1ccc(OC)c(C)c1. The van der Waals surface area contributed by atoms with E-state index in [4.69, 9.17) is 16.3 Å². The van der Waals surface area contributed by atoms with Crippen LogP contribution in [0, 0.1) is 6.92 Å². The number of piperazine rings is 1. The normalized spacial score (nSPS) is 14.7. The zero-order valence-corrected chi connectivity index (χ0v) is 19.6. The predicted molar refractivity (Wildman–Crippen MR) is 122 cm³/mol. The van der Waals surface area contributed by atoms with E-state index in [1.165, 1.54) is 10.4 Å². The van der Waals surface area contributed by atoms with Crippen molar-refractivity contribution in [2.45, 2.75) is 18.7 Å². The summed E-state index contributed by atoms with van der Waals surface area (Å²) in [7, 11) is -2.24. The van der Waals surface area contributed by atoms with Gasteiger partial charge >= 0.3 is 0 Å². The first kappa shape index (κ1) is 23.4. The highest BCUT2D eigenvalue weighted by molar-refractivity contribution is 7.89. The Morgan fingerprint density at radius 1 is 1.13 bits per heavy atom. The molecule has 0 unspecified atom stereocenters. The van der Waals surface area contributed by atoms with Crippen LogP contribution in [0.1, 0.15) is 12.5 Å². The number of methoxy groups -OCH3 is 1. The van der Waals surface area contributed by atoms with E-state index in [1.54, 1.807) is 38.0 Å². The summed E-state index contributed by atoms with van der Waals surface area (Å²) in [5.41, 5.74) is 1.75. The van der Waals surface area contributed by atoms with Gasteiger partial charge in [-0.05, 0) is 48.9 Å². The van der Waals surface area contributed by atoms with Gasteiger partial charge in [-0.2, -0.15) is 4.31 Å². The number of rotatable bonds is 7. The number of nitrogens with zero attached hydrogens (tertiary/aromatic N) is 3. The van der Waals surface area contributed by atoms with Crippen molar-refractivity contribution in [3.63, 3.8) is 0 Å². The molecule has 0 bridgehead atoms. The second-order valence-corrected chi connectivity index (χ2v) is 9.78. The van der Waals surface area contributed by atoms with Crippen LogP contribution >= 0.6 is 11.6 Å². The van der Waals surface area contributed by atoms with E-state index >= 15 is 0 Å². The molecule has 31 heavy (non-hydrogen) atoms. The van der Waals surface area contributed by atoms with Crippen molar-refractivity contribution in [1.29, 1.82) is 0 Å². The molecule has 2 aromatic rings. The molecule has 9 heteroatoms. The van der Waals surface area contributed by atoms with E-state index in [-0.39, 0.29) is 23.9 Å². The summed E-state index contributed by atoms with van der Waals surface area (Å²) in [6.45, 7) is 5.96. The van der Waals surface area contributed by atoms with Gasteiger partial charge in [0.2, 0.25) is 15.9 Å². The first-order valence-corrected chi connectivity index (χ1v) is 12.0. The minimum absolute atomic E-state index is 0.159. The van der Waals surface area contributed by atoms with Gasteiger partial charge in [0.15, 0.2) is 0 Å². The molecule has 0 saturated carbocycles. The number of aryl methyl sites for hydroxylation is 1. The smallest absolute Gasteiger partial charge is 0.243 e. The topological polar surface area (TPSA) is 70.2 Å². The quantitative estimate of drug-likeness (QED) is 0.628. The Morgan fingerprint density at radius 2 is 1.84 bits per heavy atom. The van der Waals surface area contributed by atoms with E-state index < -0.39 is 10.0 Å². The van der Waals surface area contributed by atoms with Crippen molar-refractivity contribution >= 4 is 33.2 Å². The number of carbonyl (C=O) groups excluding carboxylic acids is 1. The van der Waals surface area contributed by atoms with Crippen LogP contribution in [0.15, 0.2) is 47.4 Å². The van der Waals surface area contributed by atoms with Crippen molar-refractivity contribution in [2.24, 2.45) is 0 Å². The third-order valence-corrected chi connectivity index (χ3v) is 7.63. The Kier molecular flexibility index (Phi) is 7.46.